The van der Waals surface area contributed by atoms with Crippen molar-refractivity contribution >= 4 is 17.6 Å². The van der Waals surface area contributed by atoms with Crippen molar-refractivity contribution in [1.82, 2.24) is 0 Å². The second-order valence-corrected chi connectivity index (χ2v) is 5.29. The molecular formula is C19H21NO7. The Morgan fingerprint density at radius 3 is 2.00 bits per heavy atom. The molecule has 8 nitrogen and oxygen atoms in total. The van der Waals surface area contributed by atoms with Crippen LogP contribution in [0.15, 0.2) is 36.4 Å². The zero-order valence-electron chi connectivity index (χ0n) is 15.5. The number of hydrogen-bond donors (Lipinski definition) is 1. The van der Waals surface area contributed by atoms with E-state index in [4.69, 9.17) is 23.7 Å². The van der Waals surface area contributed by atoms with E-state index in [9.17, 15) is 9.59 Å². The molecule has 0 saturated carbocycles. The first-order valence-electron chi connectivity index (χ1n) is 7.92. The molecule has 144 valence electrons. The first-order chi connectivity index (χ1) is 13.0. The molecule has 0 fully saturated rings. The monoisotopic (exact) mass is 375 g/mol. The Labute approximate surface area is 156 Å². The number of rotatable bonds is 8. The fourth-order valence-corrected chi connectivity index (χ4v) is 2.25. The van der Waals surface area contributed by atoms with E-state index >= 15 is 0 Å². The smallest absolute Gasteiger partial charge is 0.342 e. The van der Waals surface area contributed by atoms with Crippen LogP contribution in [0.4, 0.5) is 5.69 Å². The minimum absolute atomic E-state index is 0.189. The summed E-state index contributed by atoms with van der Waals surface area (Å²) in [4.78, 5) is 24.3. The second kappa shape index (κ2) is 9.33. The molecular weight excluding hydrogens is 354 g/mol. The van der Waals surface area contributed by atoms with Gasteiger partial charge in [0.2, 0.25) is 0 Å². The van der Waals surface area contributed by atoms with Crippen molar-refractivity contribution in [3.05, 3.63) is 42.0 Å². The fourth-order valence-electron chi connectivity index (χ4n) is 2.25. The predicted molar refractivity (Wildman–Crippen MR) is 98.0 cm³/mol. The van der Waals surface area contributed by atoms with Gasteiger partial charge in [-0.15, -0.1) is 0 Å². The lowest BCUT2D eigenvalue weighted by atomic mass is 10.2. The van der Waals surface area contributed by atoms with Crippen molar-refractivity contribution in [3.8, 4) is 23.0 Å². The highest BCUT2D eigenvalue weighted by Gasteiger charge is 2.16. The molecule has 0 atom stereocenters. The number of ether oxygens (including phenoxy) is 5. The number of nitrogens with one attached hydrogen (secondary N) is 1. The van der Waals surface area contributed by atoms with Gasteiger partial charge in [0.1, 0.15) is 28.6 Å². The van der Waals surface area contributed by atoms with Gasteiger partial charge < -0.3 is 29.0 Å². The Kier molecular flexibility index (Phi) is 6.87. The molecule has 27 heavy (non-hydrogen) atoms. The third-order valence-electron chi connectivity index (χ3n) is 3.60. The van der Waals surface area contributed by atoms with E-state index in [0.717, 1.165) is 0 Å². The molecule has 0 aliphatic carbocycles. The van der Waals surface area contributed by atoms with Crippen molar-refractivity contribution < 1.29 is 33.3 Å². The van der Waals surface area contributed by atoms with Crippen LogP contribution in [0.2, 0.25) is 0 Å². The molecule has 1 N–H and O–H groups in total. The Morgan fingerprint density at radius 2 is 1.44 bits per heavy atom. The normalized spacial score (nSPS) is 9.93. The van der Waals surface area contributed by atoms with Gasteiger partial charge >= 0.3 is 5.97 Å². The molecule has 0 heterocycles. The molecule has 2 rings (SSSR count). The highest BCUT2D eigenvalue weighted by atomic mass is 16.5. The minimum atomic E-state index is -0.687. The van der Waals surface area contributed by atoms with Crippen molar-refractivity contribution in [3.63, 3.8) is 0 Å². The summed E-state index contributed by atoms with van der Waals surface area (Å²) in [6.07, 6.45) is 0. The van der Waals surface area contributed by atoms with Crippen molar-refractivity contribution in [2.24, 2.45) is 0 Å². The van der Waals surface area contributed by atoms with Gasteiger partial charge in [0, 0.05) is 30.0 Å². The SMILES string of the molecule is COc1cc(NC(=O)COC(=O)c2ccc(OC)cc2OC)cc(OC)c1. The van der Waals surface area contributed by atoms with Crippen LogP contribution in [0.25, 0.3) is 0 Å². The summed E-state index contributed by atoms with van der Waals surface area (Å²) in [6.45, 7) is -0.465. The molecule has 8 heteroatoms. The standard InChI is InChI=1S/C19H21NO7/c1-23-13-5-6-16(17(10-13)26-4)19(22)27-11-18(21)20-12-7-14(24-2)9-15(8-12)25-3/h5-10H,11H2,1-4H3,(H,20,21). The summed E-state index contributed by atoms with van der Waals surface area (Å²) in [5.41, 5.74) is 0.642. The van der Waals surface area contributed by atoms with Gasteiger partial charge in [-0.05, 0) is 12.1 Å². The maximum Gasteiger partial charge on any atom is 0.342 e. The molecule has 0 unspecified atom stereocenters. The third kappa shape index (κ3) is 5.27. The van der Waals surface area contributed by atoms with Gasteiger partial charge in [-0.3, -0.25) is 4.79 Å². The molecule has 0 aliphatic heterocycles. The van der Waals surface area contributed by atoms with E-state index in [1.165, 1.54) is 34.5 Å². The number of methoxy groups -OCH3 is 4. The van der Waals surface area contributed by atoms with Gasteiger partial charge in [-0.1, -0.05) is 0 Å². The van der Waals surface area contributed by atoms with Crippen LogP contribution in [-0.4, -0.2) is 46.9 Å². The van der Waals surface area contributed by atoms with E-state index in [2.05, 4.69) is 5.32 Å². The van der Waals surface area contributed by atoms with Gasteiger partial charge in [0.15, 0.2) is 6.61 Å². The fraction of sp³-hybridized carbons (Fsp3) is 0.263. The van der Waals surface area contributed by atoms with Crippen LogP contribution in [0.5, 0.6) is 23.0 Å². The quantitative estimate of drug-likeness (QED) is 0.709. The summed E-state index contributed by atoms with van der Waals surface area (Å²) in [5.74, 6) is 0.665. The first-order valence-corrected chi connectivity index (χ1v) is 7.92. The molecule has 0 saturated heterocycles. The maximum absolute atomic E-state index is 12.2. The Morgan fingerprint density at radius 1 is 0.815 bits per heavy atom. The van der Waals surface area contributed by atoms with Crippen molar-refractivity contribution in [1.29, 1.82) is 0 Å². The molecule has 0 aliphatic rings. The number of carbonyl (C=O) groups is 2. The van der Waals surface area contributed by atoms with Crippen molar-refractivity contribution in [2.75, 3.05) is 40.4 Å². The highest BCUT2D eigenvalue weighted by Crippen LogP contribution is 2.26. The third-order valence-corrected chi connectivity index (χ3v) is 3.60. The first kappa shape index (κ1) is 19.9. The van der Waals surface area contributed by atoms with Crippen LogP contribution in [0, 0.1) is 0 Å². The zero-order chi connectivity index (χ0) is 19.8. The van der Waals surface area contributed by atoms with E-state index in [1.807, 2.05) is 0 Å². The Hall–Kier alpha value is -3.42. The lowest BCUT2D eigenvalue weighted by Crippen LogP contribution is -2.21. The number of benzene rings is 2. The van der Waals surface area contributed by atoms with E-state index < -0.39 is 18.5 Å². The number of carbonyl (C=O) groups excluding carboxylic acids is 2. The summed E-state index contributed by atoms with van der Waals surface area (Å²) in [5, 5.41) is 2.62. The van der Waals surface area contributed by atoms with Crippen LogP contribution in [-0.2, 0) is 9.53 Å². The topological polar surface area (TPSA) is 92.3 Å². The maximum atomic E-state index is 12.2. The number of anilines is 1. The van der Waals surface area contributed by atoms with Crippen molar-refractivity contribution in [2.45, 2.75) is 0 Å². The van der Waals surface area contributed by atoms with Gasteiger partial charge in [0.05, 0.1) is 28.4 Å². The molecule has 2 aromatic rings. The predicted octanol–water partition coefficient (Wildman–Crippen LogP) is 2.52. The number of hydrogen-bond acceptors (Lipinski definition) is 7. The van der Waals surface area contributed by atoms with Crippen LogP contribution in [0.3, 0.4) is 0 Å². The molecule has 0 radical (unpaired) electrons. The minimum Gasteiger partial charge on any atom is -0.497 e. The summed E-state index contributed by atoms with van der Waals surface area (Å²) in [6, 6.07) is 9.57. The largest absolute Gasteiger partial charge is 0.497 e. The average molecular weight is 375 g/mol. The molecule has 2 aromatic carbocycles. The van der Waals surface area contributed by atoms with Crippen LogP contribution >= 0.6 is 0 Å². The van der Waals surface area contributed by atoms with Crippen LogP contribution < -0.4 is 24.3 Å². The van der Waals surface area contributed by atoms with Gasteiger partial charge in [-0.25, -0.2) is 4.79 Å². The van der Waals surface area contributed by atoms with Gasteiger partial charge in [0.25, 0.3) is 5.91 Å². The van der Waals surface area contributed by atoms with E-state index in [1.54, 1.807) is 30.3 Å². The number of amides is 1. The Balaban J connectivity index is 2.00. The summed E-state index contributed by atoms with van der Waals surface area (Å²) < 4.78 is 25.6. The molecule has 0 spiro atoms. The Bertz CT molecular complexity index is 797. The summed E-state index contributed by atoms with van der Waals surface area (Å²) in [7, 11) is 5.94. The summed E-state index contributed by atoms with van der Waals surface area (Å²) >= 11 is 0. The van der Waals surface area contributed by atoms with E-state index in [0.29, 0.717) is 22.9 Å². The van der Waals surface area contributed by atoms with Gasteiger partial charge in [-0.2, -0.15) is 0 Å². The average Bonchev–Trinajstić information content (AvgIpc) is 2.70. The highest BCUT2D eigenvalue weighted by molar-refractivity contribution is 5.97. The van der Waals surface area contributed by atoms with Crippen LogP contribution in [0.1, 0.15) is 10.4 Å². The lowest BCUT2D eigenvalue weighted by molar-refractivity contribution is -0.119. The zero-order valence-corrected chi connectivity index (χ0v) is 15.5. The molecule has 0 aromatic heterocycles. The second-order valence-electron chi connectivity index (χ2n) is 5.29. The van der Waals surface area contributed by atoms with E-state index in [-0.39, 0.29) is 11.3 Å². The molecule has 0 bridgehead atoms. The number of esters is 1. The lowest BCUT2D eigenvalue weighted by Gasteiger charge is -2.11. The molecule has 1 amide bonds.